The molecule has 1 rings (SSSR count). The molecule has 0 amide bonds. The Kier molecular flexibility index (Phi) is 2.51. The fourth-order valence-electron chi connectivity index (χ4n) is 1.01. The minimum Gasteiger partial charge on any atom is -0.483 e. The van der Waals surface area contributed by atoms with E-state index in [0.717, 1.165) is 12.2 Å². The first-order valence-electron chi connectivity index (χ1n) is 3.54. The fourth-order valence-corrected chi connectivity index (χ4v) is 1.01. The van der Waals surface area contributed by atoms with Gasteiger partial charge in [-0.15, -0.1) is 0 Å². The molecular weight excluding hydrogens is 126 g/mol. The summed E-state index contributed by atoms with van der Waals surface area (Å²) in [7, 11) is 0. The third kappa shape index (κ3) is 1.61. The van der Waals surface area contributed by atoms with Crippen LogP contribution in [0, 0.1) is 5.92 Å². The van der Waals surface area contributed by atoms with E-state index in [4.69, 9.17) is 10.5 Å². The first-order chi connectivity index (χ1) is 4.84. The molecule has 0 fully saturated rings. The smallest absolute Gasteiger partial charge is 0.136 e. The van der Waals surface area contributed by atoms with Crippen molar-refractivity contribution >= 4 is 0 Å². The molecular formula is C8H13NO. The van der Waals surface area contributed by atoms with E-state index in [1.807, 2.05) is 12.2 Å². The van der Waals surface area contributed by atoms with Crippen molar-refractivity contribution in [2.24, 2.45) is 11.7 Å². The zero-order chi connectivity index (χ0) is 7.40. The summed E-state index contributed by atoms with van der Waals surface area (Å²) < 4.78 is 5.18. The van der Waals surface area contributed by atoms with Gasteiger partial charge in [0, 0.05) is 5.92 Å². The van der Waals surface area contributed by atoms with E-state index in [1.54, 1.807) is 0 Å². The van der Waals surface area contributed by atoms with E-state index < -0.39 is 0 Å². The number of hydrogen-bond acceptors (Lipinski definition) is 2. The molecule has 2 heteroatoms. The molecule has 0 aromatic rings. The molecule has 0 saturated carbocycles. The summed E-state index contributed by atoms with van der Waals surface area (Å²) in [6.07, 6.45) is 7.17. The topological polar surface area (TPSA) is 35.2 Å². The Morgan fingerprint density at radius 1 is 1.80 bits per heavy atom. The zero-order valence-electron chi connectivity index (χ0n) is 6.21. The Balaban J connectivity index is 2.52. The summed E-state index contributed by atoms with van der Waals surface area (Å²) in [5.41, 5.74) is 5.23. The van der Waals surface area contributed by atoms with Gasteiger partial charge in [0.05, 0.1) is 0 Å². The van der Waals surface area contributed by atoms with Crippen molar-refractivity contribution in [3.8, 4) is 0 Å². The average molecular weight is 139 g/mol. The second kappa shape index (κ2) is 3.42. The van der Waals surface area contributed by atoms with Gasteiger partial charge in [0.15, 0.2) is 0 Å². The molecule has 1 aliphatic carbocycles. The third-order valence-electron chi connectivity index (χ3n) is 1.62. The Bertz CT molecular complexity index is 161. The molecule has 0 heterocycles. The van der Waals surface area contributed by atoms with Gasteiger partial charge in [-0.25, -0.2) is 0 Å². The molecule has 0 saturated heterocycles. The normalized spacial score (nSPS) is 24.2. The van der Waals surface area contributed by atoms with Gasteiger partial charge in [-0.2, -0.15) is 0 Å². The van der Waals surface area contributed by atoms with Gasteiger partial charge in [-0.3, -0.25) is 5.73 Å². The summed E-state index contributed by atoms with van der Waals surface area (Å²) in [6.45, 7) is 2.41. The summed E-state index contributed by atoms with van der Waals surface area (Å²) in [6, 6.07) is 0. The highest BCUT2D eigenvalue weighted by Crippen LogP contribution is 2.19. The largest absolute Gasteiger partial charge is 0.483 e. The van der Waals surface area contributed by atoms with E-state index in [9.17, 15) is 0 Å². The van der Waals surface area contributed by atoms with Crippen molar-refractivity contribution < 1.29 is 4.74 Å². The van der Waals surface area contributed by atoms with Crippen molar-refractivity contribution in [2.75, 3.05) is 6.73 Å². The maximum Gasteiger partial charge on any atom is 0.136 e. The molecule has 10 heavy (non-hydrogen) atoms. The van der Waals surface area contributed by atoms with E-state index in [0.29, 0.717) is 5.92 Å². The van der Waals surface area contributed by atoms with Crippen molar-refractivity contribution in [1.29, 1.82) is 0 Å². The molecule has 0 aliphatic heterocycles. The molecule has 0 aromatic heterocycles. The Labute approximate surface area is 61.4 Å². The lowest BCUT2D eigenvalue weighted by Crippen LogP contribution is -2.10. The van der Waals surface area contributed by atoms with Gasteiger partial charge >= 0.3 is 0 Å². The number of hydrogen-bond donors (Lipinski definition) is 1. The van der Waals surface area contributed by atoms with Crippen LogP contribution in [-0.2, 0) is 4.74 Å². The molecule has 0 aromatic carbocycles. The summed E-state index contributed by atoms with van der Waals surface area (Å²) in [5.74, 6) is 1.50. The quantitative estimate of drug-likeness (QED) is 0.587. The third-order valence-corrected chi connectivity index (χ3v) is 1.62. The molecule has 1 unspecified atom stereocenters. The molecule has 56 valence electrons. The van der Waals surface area contributed by atoms with Gasteiger partial charge in [0.1, 0.15) is 12.5 Å². The van der Waals surface area contributed by atoms with E-state index in [-0.39, 0.29) is 6.73 Å². The first kappa shape index (κ1) is 7.35. The van der Waals surface area contributed by atoms with Crippen LogP contribution in [0.3, 0.4) is 0 Å². The van der Waals surface area contributed by atoms with E-state index in [2.05, 4.69) is 13.0 Å². The van der Waals surface area contributed by atoms with Gasteiger partial charge in [0.25, 0.3) is 0 Å². The van der Waals surface area contributed by atoms with Gasteiger partial charge < -0.3 is 4.74 Å². The zero-order valence-corrected chi connectivity index (χ0v) is 6.21. The van der Waals surface area contributed by atoms with Crippen molar-refractivity contribution in [3.05, 3.63) is 24.0 Å². The van der Waals surface area contributed by atoms with E-state index >= 15 is 0 Å². The van der Waals surface area contributed by atoms with Gasteiger partial charge in [-0.05, 0) is 12.5 Å². The van der Waals surface area contributed by atoms with Crippen LogP contribution in [0.15, 0.2) is 24.0 Å². The Morgan fingerprint density at radius 3 is 3.20 bits per heavy atom. The highest BCUT2D eigenvalue weighted by atomic mass is 16.5. The van der Waals surface area contributed by atoms with Gasteiger partial charge in [-0.1, -0.05) is 19.1 Å². The average Bonchev–Trinajstić information content (AvgIpc) is 1.94. The maximum atomic E-state index is 5.23. The van der Waals surface area contributed by atoms with Crippen LogP contribution in [0.4, 0.5) is 0 Å². The number of ether oxygens (including phenoxy) is 1. The summed E-state index contributed by atoms with van der Waals surface area (Å²) in [5, 5.41) is 0. The monoisotopic (exact) mass is 139 g/mol. The van der Waals surface area contributed by atoms with Crippen LogP contribution in [0.25, 0.3) is 0 Å². The van der Waals surface area contributed by atoms with Crippen molar-refractivity contribution in [1.82, 2.24) is 0 Å². The lowest BCUT2D eigenvalue weighted by molar-refractivity contribution is 0.187. The Hall–Kier alpha value is -0.760. The van der Waals surface area contributed by atoms with Gasteiger partial charge in [0.2, 0.25) is 0 Å². The lowest BCUT2D eigenvalue weighted by Gasteiger charge is -2.16. The predicted molar refractivity (Wildman–Crippen MR) is 41.1 cm³/mol. The number of allylic oxidation sites excluding steroid dienone is 4. The fraction of sp³-hybridized carbons (Fsp3) is 0.500. The van der Waals surface area contributed by atoms with Crippen molar-refractivity contribution in [2.45, 2.75) is 13.3 Å². The van der Waals surface area contributed by atoms with Crippen molar-refractivity contribution in [3.63, 3.8) is 0 Å². The maximum absolute atomic E-state index is 5.23. The summed E-state index contributed by atoms with van der Waals surface area (Å²) >= 11 is 0. The number of rotatable bonds is 2. The van der Waals surface area contributed by atoms with Crippen LogP contribution in [-0.4, -0.2) is 6.73 Å². The first-order valence-corrected chi connectivity index (χ1v) is 3.54. The molecule has 0 bridgehead atoms. The SMILES string of the molecule is CC1CC=CC=C1OCN. The van der Waals surface area contributed by atoms with Crippen LogP contribution in [0.1, 0.15) is 13.3 Å². The molecule has 1 atom stereocenters. The molecule has 0 radical (unpaired) electrons. The molecule has 0 spiro atoms. The predicted octanol–water partition coefficient (Wildman–Crippen LogP) is 1.40. The standard InChI is InChI=1S/C8H13NO/c1-7-4-2-3-5-8(7)10-6-9/h2-3,5,7H,4,6,9H2,1H3. The highest BCUT2D eigenvalue weighted by Gasteiger charge is 2.09. The molecule has 1 aliphatic rings. The van der Waals surface area contributed by atoms with E-state index in [1.165, 1.54) is 0 Å². The minimum atomic E-state index is 0.282. The summed E-state index contributed by atoms with van der Waals surface area (Å²) in [4.78, 5) is 0. The highest BCUT2D eigenvalue weighted by molar-refractivity contribution is 5.15. The molecule has 2 N–H and O–H groups in total. The van der Waals surface area contributed by atoms with Crippen LogP contribution >= 0.6 is 0 Å². The second-order valence-corrected chi connectivity index (χ2v) is 2.44. The number of nitrogens with two attached hydrogens (primary N) is 1. The molecule has 2 nitrogen and oxygen atoms in total. The Morgan fingerprint density at radius 2 is 2.60 bits per heavy atom. The van der Waals surface area contributed by atoms with Crippen LogP contribution in [0.5, 0.6) is 0 Å². The minimum absolute atomic E-state index is 0.282. The van der Waals surface area contributed by atoms with Crippen LogP contribution in [0.2, 0.25) is 0 Å². The second-order valence-electron chi connectivity index (χ2n) is 2.44. The van der Waals surface area contributed by atoms with Crippen LogP contribution < -0.4 is 5.73 Å². The lowest BCUT2D eigenvalue weighted by atomic mass is 10.0.